The first-order chi connectivity index (χ1) is 8.74. The molecule has 0 saturated carbocycles. The van der Waals surface area contributed by atoms with Crippen molar-refractivity contribution in [3.63, 3.8) is 0 Å². The Balaban J connectivity index is 2.11. The summed E-state index contributed by atoms with van der Waals surface area (Å²) in [7, 11) is 0. The third kappa shape index (κ3) is 1.75. The number of fused-ring (bicyclic) bond motifs is 1. The number of hydrogen-bond acceptors (Lipinski definition) is 3. The van der Waals surface area contributed by atoms with Gasteiger partial charge in [0, 0.05) is 12.0 Å². The number of nitrogens with one attached hydrogen (secondary N) is 1. The summed E-state index contributed by atoms with van der Waals surface area (Å²) in [4.78, 5) is 14.0. The third-order valence-electron chi connectivity index (χ3n) is 2.80. The minimum Gasteiger partial charge on any atom is -0.493 e. The number of aromatic hydroxyl groups is 1. The van der Waals surface area contributed by atoms with Crippen molar-refractivity contribution < 1.29 is 5.11 Å². The average Bonchev–Trinajstić information content (AvgIpc) is 2.74. The van der Waals surface area contributed by atoms with Crippen LogP contribution in [0.5, 0.6) is 5.88 Å². The van der Waals surface area contributed by atoms with Gasteiger partial charge in [-0.05, 0) is 5.56 Å². The number of aromatic nitrogens is 3. The van der Waals surface area contributed by atoms with Gasteiger partial charge in [-0.25, -0.2) is 0 Å². The van der Waals surface area contributed by atoms with Crippen molar-refractivity contribution in [2.24, 2.45) is 0 Å². The fourth-order valence-electron chi connectivity index (χ4n) is 1.97. The van der Waals surface area contributed by atoms with E-state index in [0.29, 0.717) is 12.1 Å². The summed E-state index contributed by atoms with van der Waals surface area (Å²) in [5.74, 6) is -0.159. The zero-order valence-corrected chi connectivity index (χ0v) is 9.50. The van der Waals surface area contributed by atoms with Crippen molar-refractivity contribution in [2.45, 2.75) is 6.42 Å². The van der Waals surface area contributed by atoms with Gasteiger partial charge in [-0.2, -0.15) is 9.61 Å². The third-order valence-corrected chi connectivity index (χ3v) is 2.80. The van der Waals surface area contributed by atoms with E-state index >= 15 is 0 Å². The summed E-state index contributed by atoms with van der Waals surface area (Å²) in [6, 6.07) is 11.0. The monoisotopic (exact) mass is 241 g/mol. The number of benzene rings is 1. The minimum absolute atomic E-state index is 0.159. The predicted molar refractivity (Wildman–Crippen MR) is 66.7 cm³/mol. The zero-order valence-electron chi connectivity index (χ0n) is 9.50. The van der Waals surface area contributed by atoms with Gasteiger partial charge in [0.05, 0.1) is 12.3 Å². The van der Waals surface area contributed by atoms with Gasteiger partial charge < -0.3 is 10.1 Å². The average molecular weight is 241 g/mol. The molecule has 0 saturated heterocycles. The standard InChI is InChI=1S/C13H11N3O2/c17-11-7-12(18)16-13(15-11)10(8-14-16)6-9-4-2-1-3-5-9/h1-5,7-8,18H,6H2,(H,15,17). The topological polar surface area (TPSA) is 70.4 Å². The van der Waals surface area contributed by atoms with Crippen molar-refractivity contribution in [2.75, 3.05) is 0 Å². The zero-order chi connectivity index (χ0) is 12.5. The highest BCUT2D eigenvalue weighted by molar-refractivity contribution is 5.49. The van der Waals surface area contributed by atoms with Gasteiger partial charge in [-0.3, -0.25) is 4.79 Å². The molecule has 0 unspecified atom stereocenters. The van der Waals surface area contributed by atoms with E-state index in [-0.39, 0.29) is 11.4 Å². The fraction of sp³-hybridized carbons (Fsp3) is 0.0769. The Morgan fingerprint density at radius 3 is 2.83 bits per heavy atom. The molecule has 0 spiro atoms. The van der Waals surface area contributed by atoms with Crippen molar-refractivity contribution in [3.8, 4) is 5.88 Å². The Kier molecular flexibility index (Phi) is 2.37. The SMILES string of the molecule is O=c1cc(O)n2ncc(Cc3ccccc3)c2[nH]1. The summed E-state index contributed by atoms with van der Waals surface area (Å²) in [5.41, 5.74) is 2.18. The molecule has 0 radical (unpaired) electrons. The second-order valence-electron chi connectivity index (χ2n) is 4.08. The van der Waals surface area contributed by atoms with Crippen molar-refractivity contribution in [3.05, 3.63) is 64.1 Å². The quantitative estimate of drug-likeness (QED) is 0.710. The Morgan fingerprint density at radius 2 is 2.06 bits per heavy atom. The lowest BCUT2D eigenvalue weighted by Gasteiger charge is -2.00. The molecule has 5 heteroatoms. The normalized spacial score (nSPS) is 10.9. The second-order valence-corrected chi connectivity index (χ2v) is 4.08. The maximum absolute atomic E-state index is 11.4. The molecule has 0 amide bonds. The molecular formula is C13H11N3O2. The highest BCUT2D eigenvalue weighted by Crippen LogP contribution is 2.15. The lowest BCUT2D eigenvalue weighted by Crippen LogP contribution is -2.07. The molecular weight excluding hydrogens is 230 g/mol. The highest BCUT2D eigenvalue weighted by atomic mass is 16.3. The molecule has 2 N–H and O–H groups in total. The van der Waals surface area contributed by atoms with Crippen molar-refractivity contribution in [1.29, 1.82) is 0 Å². The second kappa shape index (κ2) is 4.03. The van der Waals surface area contributed by atoms with E-state index in [1.54, 1.807) is 6.20 Å². The van der Waals surface area contributed by atoms with E-state index in [4.69, 9.17) is 0 Å². The summed E-state index contributed by atoms with van der Waals surface area (Å²) in [6.45, 7) is 0. The van der Waals surface area contributed by atoms with Gasteiger partial charge in [0.25, 0.3) is 5.56 Å². The van der Waals surface area contributed by atoms with Crippen LogP contribution < -0.4 is 5.56 Å². The molecule has 2 aromatic heterocycles. The van der Waals surface area contributed by atoms with Gasteiger partial charge in [0.2, 0.25) is 5.88 Å². The lowest BCUT2D eigenvalue weighted by atomic mass is 10.1. The number of aromatic amines is 1. The molecule has 0 aliphatic carbocycles. The summed E-state index contributed by atoms with van der Waals surface area (Å²) in [6.07, 6.45) is 2.31. The van der Waals surface area contributed by atoms with Gasteiger partial charge in [-0.1, -0.05) is 30.3 Å². The molecule has 2 heterocycles. The van der Waals surface area contributed by atoms with Crippen LogP contribution in [-0.4, -0.2) is 19.7 Å². The van der Waals surface area contributed by atoms with Crippen LogP contribution in [0.1, 0.15) is 11.1 Å². The van der Waals surface area contributed by atoms with Crippen LogP contribution in [0.2, 0.25) is 0 Å². The largest absolute Gasteiger partial charge is 0.493 e. The van der Waals surface area contributed by atoms with Crippen LogP contribution >= 0.6 is 0 Å². The Hall–Kier alpha value is -2.56. The molecule has 0 bridgehead atoms. The van der Waals surface area contributed by atoms with E-state index in [1.165, 1.54) is 4.52 Å². The van der Waals surface area contributed by atoms with E-state index in [9.17, 15) is 9.90 Å². The molecule has 3 rings (SSSR count). The van der Waals surface area contributed by atoms with E-state index < -0.39 is 0 Å². The Labute approximate surface area is 102 Å². The maximum Gasteiger partial charge on any atom is 0.254 e. The van der Waals surface area contributed by atoms with E-state index in [2.05, 4.69) is 10.1 Å². The maximum atomic E-state index is 11.4. The van der Waals surface area contributed by atoms with Crippen molar-refractivity contribution >= 4 is 5.65 Å². The van der Waals surface area contributed by atoms with E-state index in [0.717, 1.165) is 17.2 Å². The van der Waals surface area contributed by atoms with Crippen molar-refractivity contribution in [1.82, 2.24) is 14.6 Å². The van der Waals surface area contributed by atoms with Gasteiger partial charge >= 0.3 is 0 Å². The molecule has 1 aromatic carbocycles. The summed E-state index contributed by atoms with van der Waals surface area (Å²) in [5, 5.41) is 13.7. The number of hydrogen-bond donors (Lipinski definition) is 2. The first-order valence-electron chi connectivity index (χ1n) is 5.57. The van der Waals surface area contributed by atoms with Gasteiger partial charge in [0.15, 0.2) is 0 Å². The lowest BCUT2D eigenvalue weighted by molar-refractivity contribution is 0.434. The Morgan fingerprint density at radius 1 is 1.28 bits per heavy atom. The van der Waals surface area contributed by atoms with Gasteiger partial charge in [0.1, 0.15) is 5.65 Å². The molecule has 5 nitrogen and oxygen atoms in total. The molecule has 18 heavy (non-hydrogen) atoms. The van der Waals surface area contributed by atoms with Crippen LogP contribution in [0.4, 0.5) is 0 Å². The summed E-state index contributed by atoms with van der Waals surface area (Å²) >= 11 is 0. The van der Waals surface area contributed by atoms with Crippen LogP contribution in [-0.2, 0) is 6.42 Å². The van der Waals surface area contributed by atoms with Crippen LogP contribution in [0, 0.1) is 0 Å². The summed E-state index contributed by atoms with van der Waals surface area (Å²) < 4.78 is 1.32. The smallest absolute Gasteiger partial charge is 0.254 e. The van der Waals surface area contributed by atoms with Crippen LogP contribution in [0.15, 0.2) is 47.4 Å². The van der Waals surface area contributed by atoms with Gasteiger partial charge in [-0.15, -0.1) is 0 Å². The predicted octanol–water partition coefficient (Wildman–Crippen LogP) is 1.32. The number of rotatable bonds is 2. The molecule has 0 fully saturated rings. The van der Waals surface area contributed by atoms with Crippen LogP contribution in [0.3, 0.4) is 0 Å². The molecule has 0 atom stereocenters. The molecule has 90 valence electrons. The van der Waals surface area contributed by atoms with Crippen LogP contribution in [0.25, 0.3) is 5.65 Å². The highest BCUT2D eigenvalue weighted by Gasteiger charge is 2.09. The van der Waals surface area contributed by atoms with E-state index in [1.807, 2.05) is 30.3 Å². The number of nitrogens with zero attached hydrogens (tertiary/aromatic N) is 2. The molecule has 0 aliphatic rings. The minimum atomic E-state index is -0.338. The molecule has 3 aromatic rings. The first-order valence-corrected chi connectivity index (χ1v) is 5.57. The fourth-order valence-corrected chi connectivity index (χ4v) is 1.97. The Bertz CT molecular complexity index is 744. The number of H-pyrrole nitrogens is 1. The molecule has 0 aliphatic heterocycles. The first kappa shape index (κ1) is 10.6.